The summed E-state index contributed by atoms with van der Waals surface area (Å²) in [5, 5.41) is 13.2. The van der Waals surface area contributed by atoms with Gasteiger partial charge in [0.1, 0.15) is 0 Å². The van der Waals surface area contributed by atoms with Gasteiger partial charge in [-0.2, -0.15) is 18.3 Å². The minimum Gasteiger partial charge on any atom is -0.395 e. The highest BCUT2D eigenvalue weighted by Crippen LogP contribution is 2.18. The summed E-state index contributed by atoms with van der Waals surface area (Å²) in [6, 6.07) is 1.82. The molecule has 1 N–H and O–H groups in total. The monoisotopic (exact) mass is 279 g/mol. The molecule has 0 aliphatic heterocycles. The van der Waals surface area contributed by atoms with Crippen molar-refractivity contribution in [2.24, 2.45) is 0 Å². The summed E-state index contributed by atoms with van der Waals surface area (Å²) in [5.74, 6) is 0. The second-order valence-corrected chi connectivity index (χ2v) is 4.35. The standard InChI is InChI=1S/C12H20F3N3O/c1-3-10-7-11(18(4-2)16-10)8-17(5-6-19)9-12(13,14)15/h7,19H,3-6,8-9H2,1-2H3. The maximum Gasteiger partial charge on any atom is 0.401 e. The zero-order chi connectivity index (χ0) is 14.5. The highest BCUT2D eigenvalue weighted by Gasteiger charge is 2.30. The fourth-order valence-corrected chi connectivity index (χ4v) is 1.93. The predicted octanol–water partition coefficient (Wildman–Crippen LogP) is 1.82. The van der Waals surface area contributed by atoms with Crippen LogP contribution in [-0.4, -0.2) is 45.7 Å². The Hall–Kier alpha value is -1.08. The molecule has 0 aliphatic rings. The number of rotatable bonds is 7. The summed E-state index contributed by atoms with van der Waals surface area (Å²) in [7, 11) is 0. The molecule has 19 heavy (non-hydrogen) atoms. The van der Waals surface area contributed by atoms with Crippen molar-refractivity contribution in [3.8, 4) is 0 Å². The van der Waals surface area contributed by atoms with Crippen LogP contribution in [-0.2, 0) is 19.5 Å². The van der Waals surface area contributed by atoms with E-state index in [0.29, 0.717) is 6.54 Å². The van der Waals surface area contributed by atoms with Gasteiger partial charge in [0, 0.05) is 19.6 Å². The van der Waals surface area contributed by atoms with E-state index in [1.54, 1.807) is 4.68 Å². The third-order valence-electron chi connectivity index (χ3n) is 2.78. The van der Waals surface area contributed by atoms with Gasteiger partial charge in [-0.05, 0) is 19.4 Å². The average Bonchev–Trinajstić information content (AvgIpc) is 2.69. The lowest BCUT2D eigenvalue weighted by Crippen LogP contribution is -2.36. The zero-order valence-corrected chi connectivity index (χ0v) is 11.2. The molecule has 0 spiro atoms. The highest BCUT2D eigenvalue weighted by atomic mass is 19.4. The molecule has 0 radical (unpaired) electrons. The van der Waals surface area contributed by atoms with E-state index in [9.17, 15) is 13.2 Å². The van der Waals surface area contributed by atoms with Crippen molar-refractivity contribution in [2.75, 3.05) is 19.7 Å². The van der Waals surface area contributed by atoms with Crippen LogP contribution in [0.5, 0.6) is 0 Å². The van der Waals surface area contributed by atoms with Crippen LogP contribution in [0.1, 0.15) is 25.2 Å². The molecule has 4 nitrogen and oxygen atoms in total. The third kappa shape index (κ3) is 5.20. The highest BCUT2D eigenvalue weighted by molar-refractivity contribution is 5.10. The van der Waals surface area contributed by atoms with Crippen molar-refractivity contribution in [1.29, 1.82) is 0 Å². The molecule has 110 valence electrons. The summed E-state index contributed by atoms with van der Waals surface area (Å²) in [4.78, 5) is 1.18. The number of nitrogens with zero attached hydrogens (tertiary/aromatic N) is 3. The quantitative estimate of drug-likeness (QED) is 0.828. The lowest BCUT2D eigenvalue weighted by atomic mass is 10.3. The Morgan fingerprint density at radius 2 is 2.05 bits per heavy atom. The zero-order valence-electron chi connectivity index (χ0n) is 11.2. The van der Waals surface area contributed by atoms with Gasteiger partial charge in [-0.15, -0.1) is 0 Å². The van der Waals surface area contributed by atoms with E-state index in [1.165, 1.54) is 4.90 Å². The van der Waals surface area contributed by atoms with Gasteiger partial charge in [0.05, 0.1) is 24.5 Å². The Morgan fingerprint density at radius 1 is 1.37 bits per heavy atom. The Bertz CT molecular complexity index is 390. The molecule has 0 saturated carbocycles. The van der Waals surface area contributed by atoms with E-state index < -0.39 is 12.7 Å². The lowest BCUT2D eigenvalue weighted by Gasteiger charge is -2.22. The Kier molecular flexibility index (Phi) is 5.81. The first-order valence-electron chi connectivity index (χ1n) is 6.35. The largest absolute Gasteiger partial charge is 0.401 e. The van der Waals surface area contributed by atoms with E-state index in [2.05, 4.69) is 5.10 Å². The van der Waals surface area contributed by atoms with Gasteiger partial charge in [0.15, 0.2) is 0 Å². The first kappa shape index (κ1) is 16.0. The molecule has 0 aliphatic carbocycles. The molecule has 7 heteroatoms. The van der Waals surface area contributed by atoms with Gasteiger partial charge in [-0.1, -0.05) is 6.92 Å². The van der Waals surface area contributed by atoms with Crippen LogP contribution in [0.15, 0.2) is 6.07 Å². The number of alkyl halides is 3. The molecule has 1 rings (SSSR count). The van der Waals surface area contributed by atoms with Crippen LogP contribution >= 0.6 is 0 Å². The van der Waals surface area contributed by atoms with Crippen molar-refractivity contribution >= 4 is 0 Å². The summed E-state index contributed by atoms with van der Waals surface area (Å²) < 4.78 is 39.0. The summed E-state index contributed by atoms with van der Waals surface area (Å²) in [5.41, 5.74) is 1.62. The Morgan fingerprint density at radius 3 is 2.53 bits per heavy atom. The van der Waals surface area contributed by atoms with Gasteiger partial charge in [0.25, 0.3) is 0 Å². The van der Waals surface area contributed by atoms with Crippen LogP contribution in [0.4, 0.5) is 13.2 Å². The van der Waals surface area contributed by atoms with Crippen molar-refractivity contribution < 1.29 is 18.3 Å². The third-order valence-corrected chi connectivity index (χ3v) is 2.78. The molecular weight excluding hydrogens is 259 g/mol. The normalized spacial score (nSPS) is 12.4. The van der Waals surface area contributed by atoms with E-state index in [1.807, 2.05) is 19.9 Å². The fraction of sp³-hybridized carbons (Fsp3) is 0.750. The number of aliphatic hydroxyl groups is 1. The van der Waals surface area contributed by atoms with Gasteiger partial charge in [-0.3, -0.25) is 9.58 Å². The molecule has 1 aromatic heterocycles. The molecule has 1 aromatic rings. The molecule has 0 bridgehead atoms. The SMILES string of the molecule is CCc1cc(CN(CCO)CC(F)(F)F)n(CC)n1. The van der Waals surface area contributed by atoms with Crippen LogP contribution in [0.2, 0.25) is 0 Å². The minimum atomic E-state index is -4.26. The van der Waals surface area contributed by atoms with Crippen LogP contribution < -0.4 is 0 Å². The number of hydrogen-bond acceptors (Lipinski definition) is 3. The molecule has 0 saturated heterocycles. The number of aryl methyl sites for hydroxylation is 2. The summed E-state index contributed by atoms with van der Waals surface area (Å²) in [6.45, 7) is 3.29. The second-order valence-electron chi connectivity index (χ2n) is 4.35. The smallest absolute Gasteiger partial charge is 0.395 e. The Balaban J connectivity index is 2.80. The number of halogens is 3. The van der Waals surface area contributed by atoms with Gasteiger partial charge in [0.2, 0.25) is 0 Å². The van der Waals surface area contributed by atoms with Crippen LogP contribution in [0, 0.1) is 0 Å². The van der Waals surface area contributed by atoms with Gasteiger partial charge in [-0.25, -0.2) is 0 Å². The molecule has 0 atom stereocenters. The molecule has 1 heterocycles. The first-order chi connectivity index (χ1) is 8.89. The van der Waals surface area contributed by atoms with Crippen LogP contribution in [0.3, 0.4) is 0 Å². The van der Waals surface area contributed by atoms with Crippen molar-refractivity contribution in [2.45, 2.75) is 39.5 Å². The molecule has 0 amide bonds. The van der Waals surface area contributed by atoms with E-state index in [0.717, 1.165) is 17.8 Å². The molecule has 0 unspecified atom stereocenters. The number of aliphatic hydroxyl groups excluding tert-OH is 1. The Labute approximate surface area is 110 Å². The maximum absolute atomic E-state index is 12.4. The van der Waals surface area contributed by atoms with Gasteiger partial charge < -0.3 is 5.11 Å². The number of aromatic nitrogens is 2. The maximum atomic E-state index is 12.4. The predicted molar refractivity (Wildman–Crippen MR) is 65.7 cm³/mol. The van der Waals surface area contributed by atoms with E-state index >= 15 is 0 Å². The van der Waals surface area contributed by atoms with Crippen LogP contribution in [0.25, 0.3) is 0 Å². The van der Waals surface area contributed by atoms with Gasteiger partial charge >= 0.3 is 6.18 Å². The number of hydrogen-bond donors (Lipinski definition) is 1. The summed E-state index contributed by atoms with van der Waals surface area (Å²) in [6.07, 6.45) is -3.51. The molecule has 0 aromatic carbocycles. The molecular formula is C12H20F3N3O. The second kappa shape index (κ2) is 6.91. The fourth-order valence-electron chi connectivity index (χ4n) is 1.93. The van der Waals surface area contributed by atoms with Crippen molar-refractivity contribution in [3.63, 3.8) is 0 Å². The lowest BCUT2D eigenvalue weighted by molar-refractivity contribution is -0.148. The van der Waals surface area contributed by atoms with Crippen molar-refractivity contribution in [1.82, 2.24) is 14.7 Å². The molecule has 0 fully saturated rings. The minimum absolute atomic E-state index is 0.00410. The van der Waals surface area contributed by atoms with Crippen molar-refractivity contribution in [3.05, 3.63) is 17.5 Å². The first-order valence-corrected chi connectivity index (χ1v) is 6.35. The van der Waals surface area contributed by atoms with E-state index in [4.69, 9.17) is 5.11 Å². The average molecular weight is 279 g/mol. The topological polar surface area (TPSA) is 41.3 Å². The van der Waals surface area contributed by atoms with E-state index in [-0.39, 0.29) is 19.7 Å². The summed E-state index contributed by atoms with van der Waals surface area (Å²) >= 11 is 0.